The molecule has 0 spiro atoms. The Morgan fingerprint density at radius 2 is 1.90 bits per heavy atom. The van der Waals surface area contributed by atoms with Crippen LogP contribution in [0.15, 0.2) is 66.0 Å². The molecule has 200 valence electrons. The number of fused-ring (bicyclic) bond motifs is 1. The van der Waals surface area contributed by atoms with Crippen molar-refractivity contribution in [1.82, 2.24) is 14.6 Å². The molecule has 1 aliphatic rings. The lowest BCUT2D eigenvalue weighted by Crippen LogP contribution is -2.38. The summed E-state index contributed by atoms with van der Waals surface area (Å²) in [6.07, 6.45) is 14.7. The van der Waals surface area contributed by atoms with Gasteiger partial charge in [0.1, 0.15) is 30.0 Å². The first-order chi connectivity index (χ1) is 18.8. The number of pyridine rings is 2. The predicted molar refractivity (Wildman–Crippen MR) is 154 cm³/mol. The lowest BCUT2D eigenvalue weighted by Gasteiger charge is -2.33. The molecule has 1 N–H and O–H groups in total. The maximum atomic E-state index is 10.1. The number of aliphatic imine (C=N–C) groups is 1. The van der Waals surface area contributed by atoms with Crippen LogP contribution in [0.4, 0.5) is 5.82 Å². The van der Waals surface area contributed by atoms with Crippen LogP contribution in [0.1, 0.15) is 37.8 Å². The van der Waals surface area contributed by atoms with Crippen LogP contribution in [0.5, 0.6) is 11.5 Å². The van der Waals surface area contributed by atoms with Gasteiger partial charge >= 0.3 is 0 Å². The van der Waals surface area contributed by atoms with E-state index in [9.17, 15) is 5.11 Å². The number of nitrogens with zero attached hydrogens (tertiary/aromatic N) is 5. The van der Waals surface area contributed by atoms with Crippen LogP contribution < -0.4 is 14.4 Å². The first kappa shape index (κ1) is 26.3. The van der Waals surface area contributed by atoms with E-state index in [0.717, 1.165) is 65.3 Å². The second-order valence-electron chi connectivity index (χ2n) is 10.3. The molecule has 1 aromatic carbocycles. The van der Waals surface area contributed by atoms with Gasteiger partial charge in [-0.1, -0.05) is 5.92 Å². The standard InChI is InChI=1S/C31H33N5O3/c1-5-22-6-9-25(10-7-22)39-26-12-14-35(15-13-26)29-11-8-23(18-33-29)28-16-27(38-21-31(2,3)37)20-36-30(28)24(17-32-4)19-34-36/h1,6-11,16-20,26,37H,12-15,21H2,2-4H3/b32-17-. The largest absolute Gasteiger partial charge is 0.490 e. The summed E-state index contributed by atoms with van der Waals surface area (Å²) >= 11 is 0. The zero-order valence-electron chi connectivity index (χ0n) is 22.5. The van der Waals surface area contributed by atoms with Crippen LogP contribution in [0.3, 0.4) is 0 Å². The normalized spacial score (nSPS) is 14.6. The van der Waals surface area contributed by atoms with Gasteiger partial charge < -0.3 is 19.5 Å². The molecule has 1 aliphatic heterocycles. The topological polar surface area (TPSA) is 84.5 Å². The van der Waals surface area contributed by atoms with E-state index < -0.39 is 5.60 Å². The van der Waals surface area contributed by atoms with E-state index in [1.54, 1.807) is 37.8 Å². The van der Waals surface area contributed by atoms with Crippen molar-refractivity contribution in [1.29, 1.82) is 0 Å². The van der Waals surface area contributed by atoms with Crippen LogP contribution in [-0.2, 0) is 0 Å². The number of benzene rings is 1. The highest BCUT2D eigenvalue weighted by molar-refractivity contribution is 5.96. The third-order valence-electron chi connectivity index (χ3n) is 6.62. The molecule has 0 amide bonds. The van der Waals surface area contributed by atoms with Crippen molar-refractivity contribution in [2.75, 3.05) is 31.6 Å². The zero-order chi connectivity index (χ0) is 27.4. The first-order valence-corrected chi connectivity index (χ1v) is 13.1. The minimum atomic E-state index is -0.951. The number of terminal acetylenes is 1. The molecule has 0 bridgehead atoms. The lowest BCUT2D eigenvalue weighted by atomic mass is 10.0. The van der Waals surface area contributed by atoms with E-state index in [0.29, 0.717) is 5.75 Å². The van der Waals surface area contributed by atoms with Crippen molar-refractivity contribution in [2.24, 2.45) is 4.99 Å². The summed E-state index contributed by atoms with van der Waals surface area (Å²) in [7, 11) is 1.74. The van der Waals surface area contributed by atoms with Crippen LogP contribution in [0, 0.1) is 12.3 Å². The molecule has 0 unspecified atom stereocenters. The zero-order valence-corrected chi connectivity index (χ0v) is 22.5. The van der Waals surface area contributed by atoms with Crippen molar-refractivity contribution in [3.8, 4) is 35.0 Å². The highest BCUT2D eigenvalue weighted by Gasteiger charge is 2.22. The van der Waals surface area contributed by atoms with E-state index in [1.165, 1.54) is 0 Å². The van der Waals surface area contributed by atoms with Gasteiger partial charge in [-0.25, -0.2) is 9.50 Å². The summed E-state index contributed by atoms with van der Waals surface area (Å²) in [6, 6.07) is 13.8. The van der Waals surface area contributed by atoms with Gasteiger partial charge in [-0.05, 0) is 56.3 Å². The Bertz CT molecular complexity index is 1490. The van der Waals surface area contributed by atoms with Gasteiger partial charge in [-0.15, -0.1) is 6.42 Å². The Hall–Kier alpha value is -4.35. The fourth-order valence-corrected chi connectivity index (χ4v) is 4.67. The maximum absolute atomic E-state index is 10.1. The van der Waals surface area contributed by atoms with E-state index in [4.69, 9.17) is 20.9 Å². The van der Waals surface area contributed by atoms with Crippen LogP contribution in [0.2, 0.25) is 0 Å². The molecule has 1 saturated heterocycles. The molecule has 0 atom stereocenters. The average Bonchev–Trinajstić information content (AvgIpc) is 3.35. The molecule has 4 aromatic rings. The molecular formula is C31H33N5O3. The summed E-state index contributed by atoms with van der Waals surface area (Å²) in [5.41, 5.74) is 3.59. The Balaban J connectivity index is 1.32. The third-order valence-corrected chi connectivity index (χ3v) is 6.62. The number of aliphatic hydroxyl groups is 1. The minimum absolute atomic E-state index is 0.162. The Morgan fingerprint density at radius 3 is 2.54 bits per heavy atom. The highest BCUT2D eigenvalue weighted by atomic mass is 16.5. The SMILES string of the molecule is C#Cc1ccc(OC2CCN(c3ccc(-c4cc(OCC(C)(C)O)cn5ncc(/C=N\C)c45)cn3)CC2)cc1. The van der Waals surface area contributed by atoms with E-state index >= 15 is 0 Å². The summed E-state index contributed by atoms with van der Waals surface area (Å²) in [5, 5.41) is 14.6. The molecule has 0 saturated carbocycles. The molecule has 0 radical (unpaired) electrons. The second kappa shape index (κ2) is 11.2. The maximum Gasteiger partial charge on any atom is 0.138 e. The Kier molecular flexibility index (Phi) is 7.53. The van der Waals surface area contributed by atoms with E-state index in [1.807, 2.05) is 42.7 Å². The predicted octanol–water partition coefficient (Wildman–Crippen LogP) is 4.62. The van der Waals surface area contributed by atoms with Crippen molar-refractivity contribution < 1.29 is 14.6 Å². The number of piperidine rings is 1. The van der Waals surface area contributed by atoms with Crippen molar-refractivity contribution in [2.45, 2.75) is 38.4 Å². The first-order valence-electron chi connectivity index (χ1n) is 13.1. The van der Waals surface area contributed by atoms with Gasteiger partial charge in [0.15, 0.2) is 0 Å². The number of aromatic nitrogens is 3. The summed E-state index contributed by atoms with van der Waals surface area (Å²) in [4.78, 5) is 11.3. The smallest absolute Gasteiger partial charge is 0.138 e. The number of hydrogen-bond donors (Lipinski definition) is 1. The molecule has 0 aliphatic carbocycles. The Morgan fingerprint density at radius 1 is 1.13 bits per heavy atom. The minimum Gasteiger partial charge on any atom is -0.490 e. The molecule has 4 heterocycles. The molecular weight excluding hydrogens is 490 g/mol. The number of hydrogen-bond acceptors (Lipinski definition) is 7. The summed E-state index contributed by atoms with van der Waals surface area (Å²) < 4.78 is 13.9. The quantitative estimate of drug-likeness (QED) is 0.268. The van der Waals surface area contributed by atoms with Crippen LogP contribution >= 0.6 is 0 Å². The van der Waals surface area contributed by atoms with Gasteiger partial charge in [0, 0.05) is 67.6 Å². The van der Waals surface area contributed by atoms with Gasteiger partial charge in [-0.2, -0.15) is 5.10 Å². The fourth-order valence-electron chi connectivity index (χ4n) is 4.67. The molecule has 1 fully saturated rings. The monoisotopic (exact) mass is 523 g/mol. The van der Waals surface area contributed by atoms with Gasteiger partial charge in [-0.3, -0.25) is 4.99 Å². The van der Waals surface area contributed by atoms with Crippen LogP contribution in [0.25, 0.3) is 16.6 Å². The van der Waals surface area contributed by atoms with Gasteiger partial charge in [0.2, 0.25) is 0 Å². The number of ether oxygens (including phenoxy) is 2. The summed E-state index contributed by atoms with van der Waals surface area (Å²) in [5.74, 6) is 5.03. The van der Waals surface area contributed by atoms with Crippen molar-refractivity contribution in [3.63, 3.8) is 0 Å². The Labute approximate surface area is 228 Å². The van der Waals surface area contributed by atoms with E-state index in [-0.39, 0.29) is 12.7 Å². The number of anilines is 1. The van der Waals surface area contributed by atoms with Crippen molar-refractivity contribution in [3.05, 3.63) is 72.2 Å². The highest BCUT2D eigenvalue weighted by Crippen LogP contribution is 2.32. The molecule has 3 aromatic heterocycles. The molecule has 8 heteroatoms. The van der Waals surface area contributed by atoms with E-state index in [2.05, 4.69) is 33.0 Å². The van der Waals surface area contributed by atoms with Gasteiger partial charge in [0.05, 0.1) is 23.5 Å². The summed E-state index contributed by atoms with van der Waals surface area (Å²) in [6.45, 7) is 5.32. The lowest BCUT2D eigenvalue weighted by molar-refractivity contribution is 0.0283. The average molecular weight is 524 g/mol. The fraction of sp³-hybridized carbons (Fsp3) is 0.323. The molecule has 5 rings (SSSR count). The van der Waals surface area contributed by atoms with Crippen molar-refractivity contribution >= 4 is 17.5 Å². The molecule has 8 nitrogen and oxygen atoms in total. The second-order valence-corrected chi connectivity index (χ2v) is 10.3. The number of rotatable bonds is 8. The van der Waals surface area contributed by atoms with Crippen LogP contribution in [-0.4, -0.2) is 64.4 Å². The third kappa shape index (κ3) is 6.21. The van der Waals surface area contributed by atoms with Gasteiger partial charge in [0.25, 0.3) is 0 Å². The molecule has 39 heavy (non-hydrogen) atoms.